The van der Waals surface area contributed by atoms with Crippen molar-refractivity contribution in [2.24, 2.45) is 0 Å². The number of carbonyl (C=O) groups excluding carboxylic acids is 2. The van der Waals surface area contributed by atoms with Gasteiger partial charge in [-0.2, -0.15) is 13.2 Å². The minimum atomic E-state index is -4.62. The molecule has 0 atom stereocenters. The van der Waals surface area contributed by atoms with Crippen molar-refractivity contribution in [2.45, 2.75) is 13.1 Å². The Labute approximate surface area is 212 Å². The van der Waals surface area contributed by atoms with Gasteiger partial charge in [0.05, 0.1) is 11.1 Å². The van der Waals surface area contributed by atoms with Crippen LogP contribution in [0.2, 0.25) is 0 Å². The van der Waals surface area contributed by atoms with E-state index in [9.17, 15) is 27.6 Å². The van der Waals surface area contributed by atoms with Crippen LogP contribution in [-0.4, -0.2) is 66.5 Å². The van der Waals surface area contributed by atoms with Crippen LogP contribution in [0.15, 0.2) is 65.5 Å². The Bertz CT molecular complexity index is 1380. The maximum absolute atomic E-state index is 13.6. The van der Waals surface area contributed by atoms with Crippen LogP contribution in [0.5, 0.6) is 0 Å². The lowest BCUT2D eigenvalue weighted by atomic mass is 10.1. The zero-order valence-electron chi connectivity index (χ0n) is 20.7. The summed E-state index contributed by atoms with van der Waals surface area (Å²) in [5, 5.41) is 0. The molecule has 3 aromatic rings. The molecule has 2 amide bonds. The molecule has 2 aromatic carbocycles. The molecule has 0 spiro atoms. The topological polar surface area (TPSA) is 65.9 Å². The number of nitrogens with zero attached hydrogens (tertiary/aromatic N) is 4. The molecule has 0 N–H and O–H groups in total. The molecule has 1 aromatic heterocycles. The molecule has 194 valence electrons. The van der Waals surface area contributed by atoms with Crippen LogP contribution < -0.4 is 10.5 Å². The largest absolute Gasteiger partial charge is 0.416 e. The number of rotatable bonds is 4. The summed E-state index contributed by atoms with van der Waals surface area (Å²) in [6, 6.07) is 15.3. The lowest BCUT2D eigenvalue weighted by Gasteiger charge is -2.36. The van der Waals surface area contributed by atoms with E-state index in [1.807, 2.05) is 30.3 Å². The molecular weight excluding hydrogens is 485 g/mol. The Hall–Kier alpha value is -4.08. The van der Waals surface area contributed by atoms with Gasteiger partial charge in [-0.05, 0) is 43.3 Å². The van der Waals surface area contributed by atoms with E-state index < -0.39 is 29.1 Å². The summed E-state index contributed by atoms with van der Waals surface area (Å²) in [5.74, 6) is -1.03. The van der Waals surface area contributed by atoms with Crippen LogP contribution in [0.25, 0.3) is 5.69 Å². The van der Waals surface area contributed by atoms with Gasteiger partial charge in [-0.3, -0.25) is 19.0 Å². The molecule has 10 heteroatoms. The number of aromatic nitrogens is 1. The SMILES string of the molecule is Cc1c(C(=O)N(C)C)cc(C(=O)N2CCN(c3ccccc3)CC2)c(=O)n1-c1cccc(C(F)(F)F)c1. The molecule has 1 aliphatic rings. The highest BCUT2D eigenvalue weighted by atomic mass is 19.4. The summed E-state index contributed by atoms with van der Waals surface area (Å²) in [6.07, 6.45) is -4.62. The van der Waals surface area contributed by atoms with Crippen molar-refractivity contribution in [1.29, 1.82) is 0 Å². The van der Waals surface area contributed by atoms with Gasteiger partial charge < -0.3 is 14.7 Å². The number of benzene rings is 2. The second-order valence-electron chi connectivity index (χ2n) is 9.06. The fourth-order valence-corrected chi connectivity index (χ4v) is 4.42. The first-order valence-corrected chi connectivity index (χ1v) is 11.7. The van der Waals surface area contributed by atoms with E-state index in [-0.39, 0.29) is 22.5 Å². The van der Waals surface area contributed by atoms with Crippen molar-refractivity contribution >= 4 is 17.5 Å². The normalized spacial score (nSPS) is 14.0. The van der Waals surface area contributed by atoms with Crippen LogP contribution in [0.3, 0.4) is 0 Å². The van der Waals surface area contributed by atoms with E-state index in [2.05, 4.69) is 4.90 Å². The van der Waals surface area contributed by atoms with Gasteiger partial charge in [0.25, 0.3) is 17.4 Å². The highest BCUT2D eigenvalue weighted by Gasteiger charge is 2.32. The summed E-state index contributed by atoms with van der Waals surface area (Å²) >= 11 is 0. The van der Waals surface area contributed by atoms with Gasteiger partial charge >= 0.3 is 6.18 Å². The summed E-state index contributed by atoms with van der Waals surface area (Å²) in [5.41, 5.74) is -0.819. The van der Waals surface area contributed by atoms with Crippen molar-refractivity contribution in [3.05, 3.63) is 93.4 Å². The van der Waals surface area contributed by atoms with Crippen LogP contribution in [0.4, 0.5) is 18.9 Å². The number of carbonyl (C=O) groups is 2. The summed E-state index contributed by atoms with van der Waals surface area (Å²) in [7, 11) is 3.04. The Morgan fingerprint density at radius 3 is 2.05 bits per heavy atom. The molecule has 1 aliphatic heterocycles. The van der Waals surface area contributed by atoms with Crippen LogP contribution in [-0.2, 0) is 6.18 Å². The fraction of sp³-hybridized carbons (Fsp3) is 0.296. The zero-order chi connectivity index (χ0) is 26.9. The maximum atomic E-state index is 13.6. The lowest BCUT2D eigenvalue weighted by Crippen LogP contribution is -2.50. The molecule has 0 bridgehead atoms. The van der Waals surface area contributed by atoms with E-state index in [1.54, 1.807) is 0 Å². The number of piperazine rings is 1. The summed E-state index contributed by atoms with van der Waals surface area (Å²) in [6.45, 7) is 3.27. The van der Waals surface area contributed by atoms with Gasteiger partial charge in [-0.25, -0.2) is 0 Å². The molecular formula is C27H27F3N4O3. The first-order valence-electron chi connectivity index (χ1n) is 11.7. The van der Waals surface area contributed by atoms with E-state index in [4.69, 9.17) is 0 Å². The molecule has 1 fully saturated rings. The quantitative estimate of drug-likeness (QED) is 0.533. The first-order chi connectivity index (χ1) is 17.5. The number of amides is 2. The molecule has 0 radical (unpaired) electrons. The second kappa shape index (κ2) is 10.1. The molecule has 0 saturated carbocycles. The highest BCUT2D eigenvalue weighted by Crippen LogP contribution is 2.30. The molecule has 7 nitrogen and oxygen atoms in total. The molecule has 0 aliphatic carbocycles. The molecule has 37 heavy (non-hydrogen) atoms. The molecule has 1 saturated heterocycles. The van der Waals surface area contributed by atoms with E-state index in [0.717, 1.165) is 22.4 Å². The van der Waals surface area contributed by atoms with Crippen molar-refractivity contribution in [2.75, 3.05) is 45.2 Å². The number of anilines is 1. The second-order valence-corrected chi connectivity index (χ2v) is 9.06. The third-order valence-corrected chi connectivity index (χ3v) is 6.43. The zero-order valence-corrected chi connectivity index (χ0v) is 20.7. The Morgan fingerprint density at radius 1 is 0.838 bits per heavy atom. The fourth-order valence-electron chi connectivity index (χ4n) is 4.42. The van der Waals surface area contributed by atoms with E-state index >= 15 is 0 Å². The molecule has 4 rings (SSSR count). The van der Waals surface area contributed by atoms with Gasteiger partial charge in [0.15, 0.2) is 0 Å². The first kappa shape index (κ1) is 26.0. The molecule has 0 unspecified atom stereocenters. The molecule has 2 heterocycles. The number of alkyl halides is 3. The van der Waals surface area contributed by atoms with E-state index in [1.165, 1.54) is 49.0 Å². The van der Waals surface area contributed by atoms with Crippen molar-refractivity contribution < 1.29 is 22.8 Å². The average Bonchev–Trinajstić information content (AvgIpc) is 2.88. The third-order valence-electron chi connectivity index (χ3n) is 6.43. The third kappa shape index (κ3) is 5.23. The average molecular weight is 513 g/mol. The Morgan fingerprint density at radius 2 is 1.46 bits per heavy atom. The smallest absolute Gasteiger partial charge is 0.368 e. The van der Waals surface area contributed by atoms with Gasteiger partial charge in [0, 0.05) is 57.3 Å². The number of halogens is 3. The number of hydrogen-bond acceptors (Lipinski definition) is 4. The van der Waals surface area contributed by atoms with Crippen LogP contribution in [0.1, 0.15) is 32.0 Å². The predicted molar refractivity (Wildman–Crippen MR) is 134 cm³/mol. The van der Waals surface area contributed by atoms with Crippen LogP contribution >= 0.6 is 0 Å². The minimum absolute atomic E-state index is 0.0632. The lowest BCUT2D eigenvalue weighted by molar-refractivity contribution is -0.137. The van der Waals surface area contributed by atoms with Gasteiger partial charge in [-0.15, -0.1) is 0 Å². The van der Waals surface area contributed by atoms with Gasteiger partial charge in [0.1, 0.15) is 5.56 Å². The van der Waals surface area contributed by atoms with Crippen molar-refractivity contribution in [3.63, 3.8) is 0 Å². The standard InChI is InChI=1S/C27H27F3N4O3/c1-18-22(24(35)31(2)3)17-23(26(37)34(18)21-11-7-8-19(16-21)27(28,29)30)25(36)33-14-12-32(13-15-33)20-9-5-4-6-10-20/h4-11,16-17H,12-15H2,1-3H3. The number of pyridine rings is 1. The van der Waals surface area contributed by atoms with E-state index in [0.29, 0.717) is 26.2 Å². The van der Waals surface area contributed by atoms with Crippen molar-refractivity contribution in [1.82, 2.24) is 14.4 Å². The monoisotopic (exact) mass is 512 g/mol. The predicted octanol–water partition coefficient (Wildman–Crippen LogP) is 3.83. The Balaban J connectivity index is 1.75. The maximum Gasteiger partial charge on any atom is 0.416 e. The Kier molecular flexibility index (Phi) is 7.11. The number of hydrogen-bond donors (Lipinski definition) is 0. The van der Waals surface area contributed by atoms with Gasteiger partial charge in [0.2, 0.25) is 0 Å². The van der Waals surface area contributed by atoms with Gasteiger partial charge in [-0.1, -0.05) is 24.3 Å². The van der Waals surface area contributed by atoms with Crippen molar-refractivity contribution in [3.8, 4) is 5.69 Å². The summed E-state index contributed by atoms with van der Waals surface area (Å²) in [4.78, 5) is 45.0. The van der Waals surface area contributed by atoms with Crippen LogP contribution in [0, 0.1) is 6.92 Å². The number of para-hydroxylation sites is 1. The summed E-state index contributed by atoms with van der Waals surface area (Å²) < 4.78 is 41.2. The minimum Gasteiger partial charge on any atom is -0.368 e. The highest BCUT2D eigenvalue weighted by molar-refractivity contribution is 6.00.